The third kappa shape index (κ3) is 2.54. The molecular formula is C10H12N2OS. The number of carbonyl (C=O) groups excluding carboxylic acids is 1. The third-order valence-electron chi connectivity index (χ3n) is 2.13. The monoisotopic (exact) mass is 208 g/mol. The lowest BCUT2D eigenvalue weighted by Crippen LogP contribution is -2.03. The molecule has 0 aromatic carbocycles. The van der Waals surface area contributed by atoms with Crippen LogP contribution in [0.4, 0.5) is 0 Å². The number of ketones is 1. The molecule has 0 saturated heterocycles. The van der Waals surface area contributed by atoms with Crippen LogP contribution in [-0.2, 0) is 4.79 Å². The van der Waals surface area contributed by atoms with Gasteiger partial charge in [0.15, 0.2) is 5.16 Å². The van der Waals surface area contributed by atoms with Crippen LogP contribution in [0.25, 0.3) is 0 Å². The topological polar surface area (TPSA) is 42.9 Å². The van der Waals surface area contributed by atoms with Crippen molar-refractivity contribution in [3.8, 4) is 0 Å². The van der Waals surface area contributed by atoms with Gasteiger partial charge in [0.25, 0.3) is 0 Å². The molecule has 1 heterocycles. The third-order valence-corrected chi connectivity index (χ3v) is 3.03. The summed E-state index contributed by atoms with van der Waals surface area (Å²) in [5.74, 6) is 1.21. The van der Waals surface area contributed by atoms with Crippen molar-refractivity contribution in [1.29, 1.82) is 0 Å². The van der Waals surface area contributed by atoms with E-state index in [2.05, 4.69) is 9.97 Å². The molecular weight excluding hydrogens is 196 g/mol. The molecule has 1 aliphatic carbocycles. The zero-order valence-corrected chi connectivity index (χ0v) is 8.88. The van der Waals surface area contributed by atoms with Crippen LogP contribution in [-0.4, -0.2) is 21.5 Å². The summed E-state index contributed by atoms with van der Waals surface area (Å²) in [6.07, 6.45) is 5.70. The fourth-order valence-corrected chi connectivity index (χ4v) is 1.88. The second kappa shape index (κ2) is 4.09. The number of thioether (sulfide) groups is 1. The first kappa shape index (κ1) is 9.65. The highest BCUT2D eigenvalue weighted by atomic mass is 32.2. The highest BCUT2D eigenvalue weighted by molar-refractivity contribution is 7.99. The lowest BCUT2D eigenvalue weighted by atomic mass is 10.3. The molecule has 0 N–H and O–H groups in total. The number of hydrogen-bond acceptors (Lipinski definition) is 4. The van der Waals surface area contributed by atoms with Crippen molar-refractivity contribution in [2.24, 2.45) is 5.92 Å². The van der Waals surface area contributed by atoms with Gasteiger partial charge >= 0.3 is 0 Å². The van der Waals surface area contributed by atoms with Gasteiger partial charge in [-0.05, 0) is 25.3 Å². The van der Waals surface area contributed by atoms with Crippen LogP contribution in [0.15, 0.2) is 17.6 Å². The number of hydrogen-bond donors (Lipinski definition) is 0. The summed E-state index contributed by atoms with van der Waals surface area (Å²) in [7, 11) is 0. The van der Waals surface area contributed by atoms with Gasteiger partial charge in [0, 0.05) is 18.3 Å². The van der Waals surface area contributed by atoms with E-state index in [9.17, 15) is 4.79 Å². The molecule has 0 radical (unpaired) electrons. The first-order chi connectivity index (χ1) is 6.75. The van der Waals surface area contributed by atoms with Crippen molar-refractivity contribution in [2.75, 3.05) is 5.75 Å². The maximum Gasteiger partial charge on any atom is 0.187 e. The van der Waals surface area contributed by atoms with Crippen molar-refractivity contribution in [3.05, 3.63) is 18.0 Å². The molecule has 0 bridgehead atoms. The zero-order chi connectivity index (χ0) is 9.97. The largest absolute Gasteiger partial charge is 0.298 e. The summed E-state index contributed by atoms with van der Waals surface area (Å²) >= 11 is 1.43. The van der Waals surface area contributed by atoms with Gasteiger partial charge in [-0.15, -0.1) is 0 Å². The van der Waals surface area contributed by atoms with Crippen molar-refractivity contribution >= 4 is 17.5 Å². The fourth-order valence-electron chi connectivity index (χ4n) is 1.11. The molecule has 3 nitrogen and oxygen atoms in total. The number of Topliss-reactive ketones (excluding diaryl/α,β-unsaturated/α-hetero) is 1. The Balaban J connectivity index is 1.85. The van der Waals surface area contributed by atoms with E-state index in [0.29, 0.717) is 22.6 Å². The highest BCUT2D eigenvalue weighted by Crippen LogP contribution is 2.31. The maximum atomic E-state index is 11.4. The van der Waals surface area contributed by atoms with Crippen molar-refractivity contribution < 1.29 is 4.79 Å². The van der Waals surface area contributed by atoms with E-state index in [4.69, 9.17) is 0 Å². The molecule has 2 rings (SSSR count). The molecule has 1 saturated carbocycles. The maximum absolute atomic E-state index is 11.4. The number of rotatable bonds is 4. The first-order valence-electron chi connectivity index (χ1n) is 4.70. The molecule has 1 fully saturated rings. The van der Waals surface area contributed by atoms with Crippen LogP contribution >= 0.6 is 11.8 Å². The number of aryl methyl sites for hydroxylation is 1. The second-order valence-electron chi connectivity index (χ2n) is 3.57. The van der Waals surface area contributed by atoms with Crippen molar-refractivity contribution in [3.63, 3.8) is 0 Å². The summed E-state index contributed by atoms with van der Waals surface area (Å²) in [6, 6.07) is 0. The molecule has 74 valence electrons. The predicted molar refractivity (Wildman–Crippen MR) is 55.2 cm³/mol. The molecule has 1 aromatic rings. The zero-order valence-electron chi connectivity index (χ0n) is 8.06. The van der Waals surface area contributed by atoms with Crippen LogP contribution in [0.2, 0.25) is 0 Å². The standard InChI is InChI=1S/C10H12N2OS/c1-7-4-11-10(12-5-7)14-6-9(13)8-2-3-8/h4-5,8H,2-3,6H2,1H3. The normalized spacial score (nSPS) is 15.5. The van der Waals surface area contributed by atoms with E-state index in [-0.39, 0.29) is 0 Å². The average Bonchev–Trinajstić information content (AvgIpc) is 3.00. The van der Waals surface area contributed by atoms with E-state index < -0.39 is 0 Å². The molecule has 0 spiro atoms. The Kier molecular flexibility index (Phi) is 2.82. The molecule has 14 heavy (non-hydrogen) atoms. The van der Waals surface area contributed by atoms with E-state index in [1.807, 2.05) is 6.92 Å². The van der Waals surface area contributed by atoms with Crippen LogP contribution in [0.1, 0.15) is 18.4 Å². The summed E-state index contributed by atoms with van der Waals surface area (Å²) in [4.78, 5) is 19.6. The van der Waals surface area contributed by atoms with E-state index >= 15 is 0 Å². The van der Waals surface area contributed by atoms with Gasteiger partial charge in [-0.3, -0.25) is 4.79 Å². The van der Waals surface area contributed by atoms with Crippen LogP contribution in [0.5, 0.6) is 0 Å². The van der Waals surface area contributed by atoms with Gasteiger partial charge < -0.3 is 0 Å². The number of nitrogens with zero attached hydrogens (tertiary/aromatic N) is 2. The smallest absolute Gasteiger partial charge is 0.187 e. The summed E-state index contributed by atoms with van der Waals surface area (Å²) in [5, 5.41) is 0.699. The molecule has 0 unspecified atom stereocenters. The SMILES string of the molecule is Cc1cnc(SCC(=O)C2CC2)nc1. The van der Waals surface area contributed by atoms with E-state index in [1.54, 1.807) is 12.4 Å². The van der Waals surface area contributed by atoms with Gasteiger partial charge in [0.1, 0.15) is 5.78 Å². The molecule has 0 aliphatic heterocycles. The minimum atomic E-state index is 0.341. The first-order valence-corrected chi connectivity index (χ1v) is 5.68. The number of carbonyl (C=O) groups is 1. The Morgan fingerprint density at radius 3 is 2.71 bits per heavy atom. The highest BCUT2D eigenvalue weighted by Gasteiger charge is 2.29. The molecule has 0 atom stereocenters. The average molecular weight is 208 g/mol. The molecule has 1 aliphatic rings. The van der Waals surface area contributed by atoms with Gasteiger partial charge in [-0.1, -0.05) is 11.8 Å². The van der Waals surface area contributed by atoms with E-state index in [1.165, 1.54) is 11.8 Å². The van der Waals surface area contributed by atoms with Crippen LogP contribution in [0, 0.1) is 12.8 Å². The van der Waals surface area contributed by atoms with Crippen molar-refractivity contribution in [2.45, 2.75) is 24.9 Å². The lowest BCUT2D eigenvalue weighted by Gasteiger charge is -1.98. The van der Waals surface area contributed by atoms with Crippen LogP contribution < -0.4 is 0 Å². The van der Waals surface area contributed by atoms with E-state index in [0.717, 1.165) is 18.4 Å². The lowest BCUT2D eigenvalue weighted by molar-refractivity contribution is -0.117. The summed E-state index contributed by atoms with van der Waals surface area (Å²) < 4.78 is 0. The Morgan fingerprint density at radius 2 is 2.14 bits per heavy atom. The summed E-state index contributed by atoms with van der Waals surface area (Å²) in [5.41, 5.74) is 1.04. The van der Waals surface area contributed by atoms with Gasteiger partial charge in [0.05, 0.1) is 5.75 Å². The van der Waals surface area contributed by atoms with Gasteiger partial charge in [0.2, 0.25) is 0 Å². The number of aromatic nitrogens is 2. The Bertz CT molecular complexity index is 332. The van der Waals surface area contributed by atoms with Gasteiger partial charge in [-0.2, -0.15) is 0 Å². The quantitative estimate of drug-likeness (QED) is 0.559. The predicted octanol–water partition coefficient (Wildman–Crippen LogP) is 1.86. The Labute approximate surface area is 87.3 Å². The van der Waals surface area contributed by atoms with Crippen molar-refractivity contribution in [1.82, 2.24) is 9.97 Å². The molecule has 4 heteroatoms. The minimum absolute atomic E-state index is 0.341. The summed E-state index contributed by atoms with van der Waals surface area (Å²) in [6.45, 7) is 1.95. The second-order valence-corrected chi connectivity index (χ2v) is 4.51. The van der Waals surface area contributed by atoms with Crippen LogP contribution in [0.3, 0.4) is 0 Å². The Hall–Kier alpha value is -0.900. The van der Waals surface area contributed by atoms with Gasteiger partial charge in [-0.25, -0.2) is 9.97 Å². The molecule has 0 amide bonds. The Morgan fingerprint density at radius 1 is 1.50 bits per heavy atom. The fraction of sp³-hybridized carbons (Fsp3) is 0.500. The molecule has 1 aromatic heterocycles. The minimum Gasteiger partial charge on any atom is -0.298 e.